The van der Waals surface area contributed by atoms with E-state index >= 15 is 0 Å². The second-order valence-corrected chi connectivity index (χ2v) is 8.62. The number of thiophene rings is 1. The lowest BCUT2D eigenvalue weighted by molar-refractivity contribution is -0.117. The van der Waals surface area contributed by atoms with Crippen molar-refractivity contribution in [1.82, 2.24) is 9.55 Å². The number of benzene rings is 1. The molecular formula is C19H19N3O2S2. The maximum absolute atomic E-state index is 13.0. The molecule has 1 aliphatic carbocycles. The number of aryl methyl sites for hydroxylation is 2. The number of aromatic nitrogens is 2. The van der Waals surface area contributed by atoms with Crippen LogP contribution in [0.25, 0.3) is 10.2 Å². The molecule has 1 unspecified atom stereocenters. The zero-order valence-corrected chi connectivity index (χ0v) is 16.0. The standard InChI is InChI=1S/C19H19N3O2S2/c1-22-18(24)14-12-9-5-6-10-13(12)25-17(14)21-19(22)26-15(16(20)23)11-7-3-2-4-8-11/h2-4,7-8,15H,5-6,9-10H2,1H3,(H2,20,23). The molecule has 5 nitrogen and oxygen atoms in total. The highest BCUT2D eigenvalue weighted by atomic mass is 32.2. The number of thioether (sulfide) groups is 1. The van der Waals surface area contributed by atoms with Crippen LogP contribution in [0.4, 0.5) is 0 Å². The fourth-order valence-corrected chi connectivity index (χ4v) is 5.71. The number of nitrogens with zero attached hydrogens (tertiary/aromatic N) is 2. The maximum atomic E-state index is 13.0. The van der Waals surface area contributed by atoms with Gasteiger partial charge in [-0.3, -0.25) is 14.2 Å². The third-order valence-electron chi connectivity index (χ3n) is 4.74. The van der Waals surface area contributed by atoms with E-state index in [0.29, 0.717) is 5.16 Å². The molecule has 134 valence electrons. The van der Waals surface area contributed by atoms with Gasteiger partial charge < -0.3 is 5.73 Å². The van der Waals surface area contributed by atoms with Gasteiger partial charge in [-0.1, -0.05) is 42.1 Å². The van der Waals surface area contributed by atoms with Crippen LogP contribution >= 0.6 is 23.1 Å². The van der Waals surface area contributed by atoms with Crippen LogP contribution in [0.3, 0.4) is 0 Å². The first-order chi connectivity index (χ1) is 12.6. The van der Waals surface area contributed by atoms with Gasteiger partial charge in [-0.15, -0.1) is 11.3 Å². The summed E-state index contributed by atoms with van der Waals surface area (Å²) in [5, 5.41) is 0.696. The summed E-state index contributed by atoms with van der Waals surface area (Å²) in [4.78, 5) is 31.8. The molecule has 26 heavy (non-hydrogen) atoms. The summed E-state index contributed by atoms with van der Waals surface area (Å²) in [7, 11) is 1.72. The number of carbonyl (C=O) groups is 1. The van der Waals surface area contributed by atoms with Gasteiger partial charge in [-0.05, 0) is 36.8 Å². The number of fused-ring (bicyclic) bond motifs is 3. The molecule has 2 N–H and O–H groups in total. The number of carbonyl (C=O) groups excluding carboxylic acids is 1. The summed E-state index contributed by atoms with van der Waals surface area (Å²) >= 11 is 2.85. The summed E-state index contributed by atoms with van der Waals surface area (Å²) in [6.45, 7) is 0. The zero-order chi connectivity index (χ0) is 18.3. The average molecular weight is 386 g/mol. The Hall–Kier alpha value is -2.12. The van der Waals surface area contributed by atoms with E-state index in [4.69, 9.17) is 10.7 Å². The summed E-state index contributed by atoms with van der Waals surface area (Å²) in [6.07, 6.45) is 4.26. The van der Waals surface area contributed by atoms with E-state index in [1.54, 1.807) is 23.0 Å². The molecule has 3 aromatic rings. The molecule has 1 aromatic carbocycles. The molecule has 0 aliphatic heterocycles. The molecule has 1 aliphatic rings. The third kappa shape index (κ3) is 2.95. The first-order valence-corrected chi connectivity index (χ1v) is 10.3. The maximum Gasteiger partial charge on any atom is 0.262 e. The van der Waals surface area contributed by atoms with Gasteiger partial charge in [0.2, 0.25) is 5.91 Å². The van der Waals surface area contributed by atoms with Crippen LogP contribution < -0.4 is 11.3 Å². The minimum atomic E-state index is -0.582. The van der Waals surface area contributed by atoms with Gasteiger partial charge in [-0.25, -0.2) is 4.98 Å². The van der Waals surface area contributed by atoms with Crippen molar-refractivity contribution in [2.45, 2.75) is 36.1 Å². The van der Waals surface area contributed by atoms with Crippen LogP contribution in [0.15, 0.2) is 40.3 Å². The lowest BCUT2D eigenvalue weighted by Gasteiger charge is -2.15. The molecule has 0 fully saturated rings. The van der Waals surface area contributed by atoms with E-state index in [0.717, 1.165) is 35.0 Å². The Morgan fingerprint density at radius 3 is 2.73 bits per heavy atom. The minimum Gasteiger partial charge on any atom is -0.368 e. The zero-order valence-electron chi connectivity index (χ0n) is 14.4. The number of primary amides is 1. The Labute approximate surface area is 159 Å². The Morgan fingerprint density at radius 1 is 1.27 bits per heavy atom. The van der Waals surface area contributed by atoms with Crippen molar-refractivity contribution >= 4 is 39.2 Å². The Balaban J connectivity index is 1.80. The van der Waals surface area contributed by atoms with Crippen molar-refractivity contribution < 1.29 is 4.79 Å². The van der Waals surface area contributed by atoms with E-state index in [9.17, 15) is 9.59 Å². The molecule has 0 spiro atoms. The van der Waals surface area contributed by atoms with Crippen LogP contribution in [0.2, 0.25) is 0 Å². The molecular weight excluding hydrogens is 366 g/mol. The number of rotatable bonds is 4. The molecule has 1 atom stereocenters. The predicted octanol–water partition coefficient (Wildman–Crippen LogP) is 3.19. The molecule has 2 heterocycles. The SMILES string of the molecule is Cn1c(SC(C(N)=O)c2ccccc2)nc2sc3c(c2c1=O)CCCC3. The van der Waals surface area contributed by atoms with Gasteiger partial charge >= 0.3 is 0 Å². The lowest BCUT2D eigenvalue weighted by Crippen LogP contribution is -2.23. The molecule has 4 rings (SSSR count). The number of nitrogens with two attached hydrogens (primary N) is 1. The molecule has 2 aromatic heterocycles. The van der Waals surface area contributed by atoms with Gasteiger partial charge in [0.25, 0.3) is 5.56 Å². The van der Waals surface area contributed by atoms with Crippen LogP contribution in [-0.2, 0) is 24.7 Å². The van der Waals surface area contributed by atoms with Crippen LogP contribution in [-0.4, -0.2) is 15.5 Å². The third-order valence-corrected chi connectivity index (χ3v) is 7.24. The van der Waals surface area contributed by atoms with Gasteiger partial charge in [0.1, 0.15) is 10.1 Å². The van der Waals surface area contributed by atoms with Crippen molar-refractivity contribution in [3.05, 3.63) is 56.7 Å². The topological polar surface area (TPSA) is 78.0 Å². The van der Waals surface area contributed by atoms with E-state index in [-0.39, 0.29) is 5.56 Å². The highest BCUT2D eigenvalue weighted by Gasteiger charge is 2.25. The molecule has 1 amide bonds. The smallest absolute Gasteiger partial charge is 0.262 e. The second-order valence-electron chi connectivity index (χ2n) is 6.46. The summed E-state index contributed by atoms with van der Waals surface area (Å²) < 4.78 is 1.55. The molecule has 7 heteroatoms. The van der Waals surface area contributed by atoms with Gasteiger partial charge in [-0.2, -0.15) is 0 Å². The van der Waals surface area contributed by atoms with Crippen LogP contribution in [0.1, 0.15) is 34.1 Å². The van der Waals surface area contributed by atoms with Crippen molar-refractivity contribution in [2.75, 3.05) is 0 Å². The Kier molecular flexibility index (Phi) is 4.58. The Morgan fingerprint density at radius 2 is 2.00 bits per heavy atom. The van der Waals surface area contributed by atoms with Crippen molar-refractivity contribution in [1.29, 1.82) is 0 Å². The van der Waals surface area contributed by atoms with Crippen LogP contribution in [0.5, 0.6) is 0 Å². The van der Waals surface area contributed by atoms with Gasteiger partial charge in [0.15, 0.2) is 5.16 Å². The first kappa shape index (κ1) is 17.3. The predicted molar refractivity (Wildman–Crippen MR) is 106 cm³/mol. The van der Waals surface area contributed by atoms with Gasteiger partial charge in [0.05, 0.1) is 5.39 Å². The Bertz CT molecular complexity index is 1040. The second kappa shape index (κ2) is 6.89. The highest BCUT2D eigenvalue weighted by molar-refractivity contribution is 8.00. The van der Waals surface area contributed by atoms with E-state index in [1.807, 2.05) is 30.3 Å². The summed E-state index contributed by atoms with van der Waals surface area (Å²) in [5.41, 5.74) is 7.58. The number of amides is 1. The fraction of sp³-hybridized carbons (Fsp3) is 0.316. The fourth-order valence-electron chi connectivity index (χ4n) is 3.40. The number of hydrogen-bond donors (Lipinski definition) is 1. The van der Waals surface area contributed by atoms with E-state index < -0.39 is 11.2 Å². The summed E-state index contributed by atoms with van der Waals surface area (Å²) in [5.74, 6) is -0.444. The highest BCUT2D eigenvalue weighted by Crippen LogP contribution is 2.37. The average Bonchev–Trinajstić information content (AvgIpc) is 3.02. The van der Waals surface area contributed by atoms with Crippen molar-refractivity contribution in [3.63, 3.8) is 0 Å². The lowest BCUT2D eigenvalue weighted by atomic mass is 9.97. The van der Waals surface area contributed by atoms with E-state index in [2.05, 4.69) is 0 Å². The monoisotopic (exact) mass is 385 g/mol. The number of hydrogen-bond acceptors (Lipinski definition) is 5. The normalized spacial score (nSPS) is 15.0. The summed E-state index contributed by atoms with van der Waals surface area (Å²) in [6, 6.07) is 9.36. The van der Waals surface area contributed by atoms with E-state index in [1.165, 1.54) is 28.6 Å². The molecule has 0 saturated carbocycles. The molecule has 0 radical (unpaired) electrons. The quantitative estimate of drug-likeness (QED) is 0.553. The molecule has 0 bridgehead atoms. The molecule has 0 saturated heterocycles. The van der Waals surface area contributed by atoms with Crippen LogP contribution in [0, 0.1) is 0 Å². The first-order valence-electron chi connectivity index (χ1n) is 8.58. The minimum absolute atomic E-state index is 0.0341. The largest absolute Gasteiger partial charge is 0.368 e. The van der Waals surface area contributed by atoms with Crippen molar-refractivity contribution in [3.8, 4) is 0 Å². The van der Waals surface area contributed by atoms with Gasteiger partial charge in [0, 0.05) is 11.9 Å². The van der Waals surface area contributed by atoms with Crippen molar-refractivity contribution in [2.24, 2.45) is 12.8 Å².